The molecule has 15 heavy (non-hydrogen) atoms. The van der Waals surface area contributed by atoms with E-state index in [-0.39, 0.29) is 5.78 Å². The molecule has 0 radical (unpaired) electrons. The molecule has 0 saturated carbocycles. The van der Waals surface area contributed by atoms with Gasteiger partial charge in [0.1, 0.15) is 0 Å². The van der Waals surface area contributed by atoms with Crippen molar-refractivity contribution in [3.05, 3.63) is 42.2 Å². The fraction of sp³-hybridized carbons (Fsp3) is 0.182. The Labute approximate surface area is 105 Å². The van der Waals surface area contributed by atoms with Gasteiger partial charge in [0.2, 0.25) is 5.78 Å². The van der Waals surface area contributed by atoms with Crippen LogP contribution in [0.3, 0.4) is 0 Å². The molecule has 0 bridgehead atoms. The number of halogens is 1. The summed E-state index contributed by atoms with van der Waals surface area (Å²) in [4.78, 5) is 15.1. The first-order valence-corrected chi connectivity index (χ1v) is 6.87. The lowest BCUT2D eigenvalue weighted by atomic mass is 10.1. The zero-order valence-corrected chi connectivity index (χ0v) is 11.6. The van der Waals surface area contributed by atoms with Gasteiger partial charge in [0.25, 0.3) is 0 Å². The Bertz CT molecular complexity index is 510. The molecule has 0 aliphatic carbocycles. The lowest BCUT2D eigenvalue weighted by Gasteiger charge is -1.94. The topological polar surface area (TPSA) is 17.1 Å². The van der Waals surface area contributed by atoms with Crippen LogP contribution in [0.5, 0.6) is 0 Å². The fourth-order valence-electron chi connectivity index (χ4n) is 1.36. The van der Waals surface area contributed by atoms with E-state index in [0.29, 0.717) is 0 Å². The normalized spacial score (nSPS) is 10.6. The molecule has 0 atom stereocenters. The average molecular weight is 301 g/mol. The molecule has 0 spiro atoms. The molecule has 2 aromatic heterocycles. The van der Waals surface area contributed by atoms with Crippen LogP contribution in [-0.4, -0.2) is 5.78 Å². The molecule has 2 rings (SSSR count). The standard InChI is InChI=1S/C11H9BrOS2/c1-6-3-4-9(14-6)11(13)8-5-10(12)15-7(8)2/h3-5H,1-2H3. The fourth-order valence-corrected chi connectivity index (χ4v) is 3.87. The van der Waals surface area contributed by atoms with Crippen molar-refractivity contribution in [1.29, 1.82) is 0 Å². The summed E-state index contributed by atoms with van der Waals surface area (Å²) < 4.78 is 1.01. The van der Waals surface area contributed by atoms with Gasteiger partial charge in [0.05, 0.1) is 8.66 Å². The average Bonchev–Trinajstić information content (AvgIpc) is 2.71. The van der Waals surface area contributed by atoms with Gasteiger partial charge in [-0.1, -0.05) is 0 Å². The van der Waals surface area contributed by atoms with E-state index in [4.69, 9.17) is 0 Å². The summed E-state index contributed by atoms with van der Waals surface area (Å²) in [6, 6.07) is 5.78. The van der Waals surface area contributed by atoms with Gasteiger partial charge < -0.3 is 0 Å². The third kappa shape index (κ3) is 2.22. The molecule has 4 heteroatoms. The zero-order valence-electron chi connectivity index (χ0n) is 8.33. The first-order chi connectivity index (χ1) is 7.08. The summed E-state index contributed by atoms with van der Waals surface area (Å²) in [6.45, 7) is 3.99. The van der Waals surface area contributed by atoms with Crippen LogP contribution in [0.15, 0.2) is 22.0 Å². The molecule has 0 aromatic carbocycles. The van der Waals surface area contributed by atoms with E-state index >= 15 is 0 Å². The third-order valence-corrected chi connectivity index (χ3v) is 4.65. The number of thiophene rings is 2. The minimum absolute atomic E-state index is 0.132. The summed E-state index contributed by atoms with van der Waals surface area (Å²) in [5.41, 5.74) is 0.814. The predicted octanol–water partition coefficient (Wildman–Crippen LogP) is 4.42. The highest BCUT2D eigenvalue weighted by Crippen LogP contribution is 2.29. The maximum absolute atomic E-state index is 12.1. The minimum Gasteiger partial charge on any atom is -0.288 e. The van der Waals surface area contributed by atoms with Gasteiger partial charge in [-0.05, 0) is 48.0 Å². The van der Waals surface area contributed by atoms with Gasteiger partial charge in [-0.25, -0.2) is 0 Å². The Kier molecular flexibility index (Phi) is 3.09. The van der Waals surface area contributed by atoms with Crippen molar-refractivity contribution in [1.82, 2.24) is 0 Å². The van der Waals surface area contributed by atoms with Gasteiger partial charge in [0.15, 0.2) is 0 Å². The number of hydrogen-bond acceptors (Lipinski definition) is 3. The summed E-state index contributed by atoms with van der Waals surface area (Å²) in [7, 11) is 0. The first kappa shape index (κ1) is 11.0. The lowest BCUT2D eigenvalue weighted by molar-refractivity contribution is 0.104. The van der Waals surface area contributed by atoms with Gasteiger partial charge >= 0.3 is 0 Å². The number of aryl methyl sites for hydroxylation is 2. The predicted molar refractivity (Wildman–Crippen MR) is 69.2 cm³/mol. The van der Waals surface area contributed by atoms with Crippen molar-refractivity contribution in [2.75, 3.05) is 0 Å². The molecular weight excluding hydrogens is 292 g/mol. The minimum atomic E-state index is 0.132. The molecule has 1 nitrogen and oxygen atoms in total. The van der Waals surface area contributed by atoms with Crippen LogP contribution in [0.25, 0.3) is 0 Å². The smallest absolute Gasteiger partial charge is 0.204 e. The second-order valence-corrected chi connectivity index (χ2v) is 7.18. The number of ketones is 1. The SMILES string of the molecule is Cc1ccc(C(=O)c2cc(Br)sc2C)s1. The van der Waals surface area contributed by atoms with E-state index in [1.807, 2.05) is 32.0 Å². The van der Waals surface area contributed by atoms with E-state index in [1.54, 1.807) is 22.7 Å². The summed E-state index contributed by atoms with van der Waals surface area (Å²) in [5.74, 6) is 0.132. The van der Waals surface area contributed by atoms with Crippen LogP contribution in [0.2, 0.25) is 0 Å². The van der Waals surface area contributed by atoms with Gasteiger partial charge in [-0.3, -0.25) is 4.79 Å². The van der Waals surface area contributed by atoms with E-state index in [0.717, 1.165) is 19.1 Å². The highest BCUT2D eigenvalue weighted by molar-refractivity contribution is 9.11. The summed E-state index contributed by atoms with van der Waals surface area (Å²) in [6.07, 6.45) is 0. The molecule has 0 N–H and O–H groups in total. The molecule has 0 saturated heterocycles. The van der Waals surface area contributed by atoms with Crippen LogP contribution in [0, 0.1) is 13.8 Å². The molecule has 0 aliphatic heterocycles. The Morgan fingerprint density at radius 1 is 1.27 bits per heavy atom. The van der Waals surface area contributed by atoms with E-state index in [9.17, 15) is 4.79 Å². The van der Waals surface area contributed by atoms with Crippen molar-refractivity contribution >= 4 is 44.4 Å². The summed E-state index contributed by atoms with van der Waals surface area (Å²) in [5, 5.41) is 0. The van der Waals surface area contributed by atoms with E-state index in [2.05, 4.69) is 15.9 Å². The molecule has 2 aromatic rings. The first-order valence-electron chi connectivity index (χ1n) is 4.45. The second-order valence-electron chi connectivity index (χ2n) is 3.26. The highest BCUT2D eigenvalue weighted by Gasteiger charge is 2.15. The highest BCUT2D eigenvalue weighted by atomic mass is 79.9. The molecule has 78 valence electrons. The van der Waals surface area contributed by atoms with Crippen LogP contribution in [0.1, 0.15) is 25.0 Å². The molecule has 2 heterocycles. The number of carbonyl (C=O) groups excluding carboxylic acids is 1. The molecule has 0 fully saturated rings. The second kappa shape index (κ2) is 4.20. The third-order valence-electron chi connectivity index (χ3n) is 2.10. The Balaban J connectivity index is 2.40. The van der Waals surface area contributed by atoms with Crippen LogP contribution in [-0.2, 0) is 0 Å². The molecule has 0 unspecified atom stereocenters. The Morgan fingerprint density at radius 2 is 2.00 bits per heavy atom. The van der Waals surface area contributed by atoms with Gasteiger partial charge in [0, 0.05) is 15.3 Å². The van der Waals surface area contributed by atoms with Crippen LogP contribution >= 0.6 is 38.6 Å². The Hall–Kier alpha value is -0.450. The maximum Gasteiger partial charge on any atom is 0.204 e. The van der Waals surface area contributed by atoms with Crippen molar-refractivity contribution in [2.24, 2.45) is 0 Å². The largest absolute Gasteiger partial charge is 0.288 e. The monoisotopic (exact) mass is 300 g/mol. The molecule has 0 aliphatic rings. The summed E-state index contributed by atoms with van der Waals surface area (Å²) >= 11 is 6.55. The quantitative estimate of drug-likeness (QED) is 0.750. The van der Waals surface area contributed by atoms with Crippen molar-refractivity contribution in [3.8, 4) is 0 Å². The number of carbonyl (C=O) groups is 1. The van der Waals surface area contributed by atoms with Gasteiger partial charge in [-0.2, -0.15) is 0 Å². The van der Waals surface area contributed by atoms with Crippen LogP contribution < -0.4 is 0 Å². The van der Waals surface area contributed by atoms with Crippen molar-refractivity contribution in [2.45, 2.75) is 13.8 Å². The van der Waals surface area contributed by atoms with E-state index in [1.165, 1.54) is 4.88 Å². The van der Waals surface area contributed by atoms with Crippen molar-refractivity contribution in [3.63, 3.8) is 0 Å². The van der Waals surface area contributed by atoms with Crippen LogP contribution in [0.4, 0.5) is 0 Å². The van der Waals surface area contributed by atoms with E-state index < -0.39 is 0 Å². The van der Waals surface area contributed by atoms with Gasteiger partial charge in [-0.15, -0.1) is 22.7 Å². The van der Waals surface area contributed by atoms with Crippen molar-refractivity contribution < 1.29 is 4.79 Å². The zero-order chi connectivity index (χ0) is 11.0. The maximum atomic E-state index is 12.1. The molecule has 0 amide bonds. The lowest BCUT2D eigenvalue weighted by Crippen LogP contribution is -1.97. The molecular formula is C11H9BrOS2. The Morgan fingerprint density at radius 3 is 2.47 bits per heavy atom. The number of hydrogen-bond donors (Lipinski definition) is 0. The number of rotatable bonds is 2.